The molecule has 37 heavy (non-hydrogen) atoms. The first-order chi connectivity index (χ1) is 17.5. The molecule has 1 saturated carbocycles. The van der Waals surface area contributed by atoms with Crippen LogP contribution in [0.5, 0.6) is 5.75 Å². The highest BCUT2D eigenvalue weighted by Crippen LogP contribution is 2.44. The van der Waals surface area contributed by atoms with E-state index in [9.17, 15) is 23.6 Å². The van der Waals surface area contributed by atoms with Crippen molar-refractivity contribution in [1.82, 2.24) is 10.2 Å². The van der Waals surface area contributed by atoms with E-state index in [0.29, 0.717) is 16.7 Å². The first-order valence-electron chi connectivity index (χ1n) is 11.8. The van der Waals surface area contributed by atoms with Crippen LogP contribution in [0.25, 0.3) is 0 Å². The van der Waals surface area contributed by atoms with Gasteiger partial charge in [0.2, 0.25) is 11.8 Å². The normalized spacial score (nSPS) is 19.5. The van der Waals surface area contributed by atoms with Crippen molar-refractivity contribution in [3.63, 3.8) is 0 Å². The van der Waals surface area contributed by atoms with E-state index in [1.165, 1.54) is 30.1 Å². The minimum Gasteiger partial charge on any atom is -0.410 e. The van der Waals surface area contributed by atoms with E-state index >= 15 is 0 Å². The molecule has 10 heteroatoms. The minimum atomic E-state index is -0.873. The predicted octanol–water partition coefficient (Wildman–Crippen LogP) is 4.03. The van der Waals surface area contributed by atoms with Crippen LogP contribution in [-0.2, 0) is 16.1 Å². The molecule has 0 aromatic heterocycles. The standard InChI is InChI=1S/C27H23ClFN3O5/c1-27(9-10-27)8-7-15-11-22(20(29)13-19(15)28)31(2)26(36)37-17-4-3-16-14-32(25(35)18(16)12-17)21-5-6-23(33)30-24(21)34/h3-4,11-13,21H,5-6,9-10,14H2,1-2H3,(H,30,33,34). The molecule has 3 aliphatic rings. The topological polar surface area (TPSA) is 96.0 Å². The lowest BCUT2D eigenvalue weighted by Crippen LogP contribution is -2.52. The van der Waals surface area contributed by atoms with Gasteiger partial charge in [0, 0.05) is 36.6 Å². The summed E-state index contributed by atoms with van der Waals surface area (Å²) >= 11 is 6.16. The predicted molar refractivity (Wildman–Crippen MR) is 133 cm³/mol. The molecule has 1 unspecified atom stereocenters. The zero-order valence-electron chi connectivity index (χ0n) is 20.2. The lowest BCUT2D eigenvalue weighted by Gasteiger charge is -2.29. The first kappa shape index (κ1) is 24.8. The number of anilines is 1. The monoisotopic (exact) mass is 523 g/mol. The maximum Gasteiger partial charge on any atom is 0.419 e. The highest BCUT2D eigenvalue weighted by molar-refractivity contribution is 6.31. The summed E-state index contributed by atoms with van der Waals surface area (Å²) in [6.45, 7) is 2.24. The Morgan fingerprint density at radius 1 is 1.24 bits per heavy atom. The van der Waals surface area contributed by atoms with Crippen molar-refractivity contribution in [2.45, 2.75) is 45.2 Å². The van der Waals surface area contributed by atoms with Gasteiger partial charge in [0.1, 0.15) is 17.6 Å². The summed E-state index contributed by atoms with van der Waals surface area (Å²) in [5.74, 6) is 4.22. The van der Waals surface area contributed by atoms with Crippen LogP contribution in [0, 0.1) is 23.1 Å². The number of hydrogen-bond acceptors (Lipinski definition) is 5. The van der Waals surface area contributed by atoms with Gasteiger partial charge in [-0.25, -0.2) is 9.18 Å². The molecular weight excluding hydrogens is 501 g/mol. The van der Waals surface area contributed by atoms with Crippen LogP contribution in [0.2, 0.25) is 5.02 Å². The van der Waals surface area contributed by atoms with E-state index < -0.39 is 29.8 Å². The van der Waals surface area contributed by atoms with Gasteiger partial charge in [0.25, 0.3) is 5.91 Å². The van der Waals surface area contributed by atoms with Crippen LogP contribution in [0.15, 0.2) is 30.3 Å². The van der Waals surface area contributed by atoms with Gasteiger partial charge in [0.05, 0.1) is 10.7 Å². The highest BCUT2D eigenvalue weighted by atomic mass is 35.5. The van der Waals surface area contributed by atoms with Gasteiger partial charge in [0.15, 0.2) is 0 Å². The number of piperidine rings is 1. The van der Waals surface area contributed by atoms with E-state index in [0.717, 1.165) is 23.8 Å². The smallest absolute Gasteiger partial charge is 0.410 e. The Bertz CT molecular complexity index is 1430. The van der Waals surface area contributed by atoms with Gasteiger partial charge in [-0.2, -0.15) is 0 Å². The van der Waals surface area contributed by atoms with E-state index in [-0.39, 0.29) is 47.2 Å². The molecule has 190 valence electrons. The molecule has 5 rings (SSSR count). The number of carbonyl (C=O) groups is 4. The van der Waals surface area contributed by atoms with Crippen LogP contribution in [0.4, 0.5) is 14.9 Å². The van der Waals surface area contributed by atoms with Crippen molar-refractivity contribution < 1.29 is 28.3 Å². The number of nitrogens with one attached hydrogen (secondary N) is 1. The largest absolute Gasteiger partial charge is 0.419 e. The van der Waals surface area contributed by atoms with Gasteiger partial charge in [-0.1, -0.05) is 29.5 Å². The Balaban J connectivity index is 1.31. The Hall–Kier alpha value is -3.90. The van der Waals surface area contributed by atoms with Crippen molar-refractivity contribution in [2.24, 2.45) is 5.41 Å². The highest BCUT2D eigenvalue weighted by Gasteiger charge is 2.39. The van der Waals surface area contributed by atoms with Crippen LogP contribution in [-0.4, -0.2) is 41.8 Å². The third-order valence-corrected chi connectivity index (χ3v) is 7.19. The number of hydrogen-bond donors (Lipinski definition) is 1. The van der Waals surface area contributed by atoms with Crippen molar-refractivity contribution in [1.29, 1.82) is 0 Å². The summed E-state index contributed by atoms with van der Waals surface area (Å²) in [7, 11) is 1.36. The number of amides is 4. The SMILES string of the molecule is CN(C(=O)Oc1ccc2c(c1)C(=O)N(C1CCC(=O)NC1=O)C2)c1cc(C#CC2(C)CC2)c(Cl)cc1F. The molecule has 8 nitrogen and oxygen atoms in total. The Morgan fingerprint density at radius 2 is 2.00 bits per heavy atom. The van der Waals surface area contributed by atoms with Gasteiger partial charge in [-0.05, 0) is 56.0 Å². The molecule has 2 aromatic rings. The van der Waals surface area contributed by atoms with Crippen LogP contribution >= 0.6 is 11.6 Å². The Kier molecular flexibility index (Phi) is 6.16. The number of imide groups is 1. The summed E-state index contributed by atoms with van der Waals surface area (Å²) in [5.41, 5.74) is 1.26. The van der Waals surface area contributed by atoms with Crippen molar-refractivity contribution in [2.75, 3.05) is 11.9 Å². The van der Waals surface area contributed by atoms with E-state index in [4.69, 9.17) is 16.3 Å². The zero-order valence-corrected chi connectivity index (χ0v) is 20.9. The van der Waals surface area contributed by atoms with Gasteiger partial charge in [-0.3, -0.25) is 24.6 Å². The van der Waals surface area contributed by atoms with Gasteiger partial charge >= 0.3 is 6.09 Å². The lowest BCUT2D eigenvalue weighted by atomic mass is 10.0. The number of carbonyl (C=O) groups excluding carboxylic acids is 4. The molecule has 2 fully saturated rings. The van der Waals surface area contributed by atoms with E-state index in [1.54, 1.807) is 6.07 Å². The summed E-state index contributed by atoms with van der Waals surface area (Å²) < 4.78 is 20.1. The number of fused-ring (bicyclic) bond motifs is 1. The molecule has 1 N–H and O–H groups in total. The second kappa shape index (κ2) is 9.20. The molecule has 0 spiro atoms. The molecule has 4 amide bonds. The quantitative estimate of drug-likeness (QED) is 0.484. The maximum absolute atomic E-state index is 14.7. The second-order valence-electron chi connectivity index (χ2n) is 9.74. The fourth-order valence-corrected chi connectivity index (χ4v) is 4.48. The average Bonchev–Trinajstić information content (AvgIpc) is 3.50. The Labute approximate surface area is 217 Å². The van der Waals surface area contributed by atoms with Gasteiger partial charge in [-0.15, -0.1) is 0 Å². The fourth-order valence-electron chi connectivity index (χ4n) is 4.29. The van der Waals surface area contributed by atoms with Crippen LogP contribution < -0.4 is 15.0 Å². The number of rotatable bonds is 3. The molecule has 2 aliphatic heterocycles. The van der Waals surface area contributed by atoms with Crippen LogP contribution in [0.3, 0.4) is 0 Å². The molecule has 1 saturated heterocycles. The number of nitrogens with zero attached hydrogens (tertiary/aromatic N) is 2. The number of benzene rings is 2. The fraction of sp³-hybridized carbons (Fsp3) is 0.333. The third-order valence-electron chi connectivity index (χ3n) is 6.88. The molecular formula is C27H23ClFN3O5. The van der Waals surface area contributed by atoms with E-state index in [2.05, 4.69) is 17.2 Å². The second-order valence-corrected chi connectivity index (χ2v) is 10.1. The molecule has 1 aliphatic carbocycles. The number of halogens is 2. The van der Waals surface area contributed by atoms with Crippen molar-refractivity contribution in [3.05, 3.63) is 57.9 Å². The van der Waals surface area contributed by atoms with E-state index in [1.807, 2.05) is 6.92 Å². The minimum absolute atomic E-state index is 0.0541. The summed E-state index contributed by atoms with van der Waals surface area (Å²) in [6.07, 6.45) is 1.51. The molecule has 1 atom stereocenters. The van der Waals surface area contributed by atoms with Gasteiger partial charge < -0.3 is 9.64 Å². The maximum atomic E-state index is 14.7. The molecule has 2 heterocycles. The zero-order chi connectivity index (χ0) is 26.5. The van der Waals surface area contributed by atoms with Crippen molar-refractivity contribution in [3.8, 4) is 17.6 Å². The first-order valence-corrected chi connectivity index (χ1v) is 12.2. The Morgan fingerprint density at radius 3 is 2.70 bits per heavy atom. The number of ether oxygens (including phenoxy) is 1. The lowest BCUT2D eigenvalue weighted by molar-refractivity contribution is -0.136. The summed E-state index contributed by atoms with van der Waals surface area (Å²) in [5, 5.41) is 2.41. The molecule has 0 bridgehead atoms. The summed E-state index contributed by atoms with van der Waals surface area (Å²) in [6, 6.07) is 6.34. The summed E-state index contributed by atoms with van der Waals surface area (Å²) in [4.78, 5) is 51.9. The molecule has 0 radical (unpaired) electrons. The third kappa shape index (κ3) is 4.89. The molecule has 2 aromatic carbocycles. The average molecular weight is 524 g/mol. The van der Waals surface area contributed by atoms with Crippen LogP contribution in [0.1, 0.15) is 54.1 Å². The van der Waals surface area contributed by atoms with Crippen molar-refractivity contribution >= 4 is 41.1 Å².